The lowest BCUT2D eigenvalue weighted by Gasteiger charge is -2.26. The summed E-state index contributed by atoms with van der Waals surface area (Å²) in [6.45, 7) is 3.90. The molecule has 124 valence electrons. The van der Waals surface area contributed by atoms with Gasteiger partial charge in [-0.1, -0.05) is 30.3 Å². The molecule has 0 saturated carbocycles. The van der Waals surface area contributed by atoms with Gasteiger partial charge in [0.25, 0.3) is 0 Å². The molecule has 0 bridgehead atoms. The summed E-state index contributed by atoms with van der Waals surface area (Å²) in [5.74, 6) is 1.69. The summed E-state index contributed by atoms with van der Waals surface area (Å²) in [6, 6.07) is 10.3. The monoisotopic (exact) mass is 324 g/mol. The largest absolute Gasteiger partial charge is 0.378 e. The van der Waals surface area contributed by atoms with E-state index in [4.69, 9.17) is 4.74 Å². The van der Waals surface area contributed by atoms with Crippen LogP contribution in [0.2, 0.25) is 0 Å². The molecule has 1 N–H and O–H groups in total. The molecule has 1 fully saturated rings. The molecule has 1 aliphatic rings. The molecule has 7 nitrogen and oxygen atoms in total. The van der Waals surface area contributed by atoms with Gasteiger partial charge in [0.2, 0.25) is 5.95 Å². The van der Waals surface area contributed by atoms with E-state index in [2.05, 4.69) is 41.9 Å². The molecular formula is C17H20N6O. The minimum atomic E-state index is 0.696. The molecule has 24 heavy (non-hydrogen) atoms. The van der Waals surface area contributed by atoms with Gasteiger partial charge in [0.1, 0.15) is 11.8 Å². The predicted octanol–water partition coefficient (Wildman–Crippen LogP) is 1.83. The van der Waals surface area contributed by atoms with Crippen molar-refractivity contribution >= 4 is 22.9 Å². The maximum atomic E-state index is 5.40. The summed E-state index contributed by atoms with van der Waals surface area (Å²) in [4.78, 5) is 21.1. The van der Waals surface area contributed by atoms with E-state index in [0.717, 1.165) is 50.1 Å². The zero-order chi connectivity index (χ0) is 16.4. The third-order valence-corrected chi connectivity index (χ3v) is 4.19. The molecule has 1 aromatic carbocycles. The lowest BCUT2D eigenvalue weighted by molar-refractivity contribution is 0.122. The number of aromatic amines is 1. The van der Waals surface area contributed by atoms with Crippen LogP contribution in [0.1, 0.15) is 5.56 Å². The molecule has 0 aliphatic carbocycles. The van der Waals surface area contributed by atoms with Gasteiger partial charge < -0.3 is 19.5 Å². The van der Waals surface area contributed by atoms with Gasteiger partial charge in [-0.15, -0.1) is 0 Å². The van der Waals surface area contributed by atoms with Crippen LogP contribution in [0.3, 0.4) is 0 Å². The Morgan fingerprint density at radius 3 is 2.75 bits per heavy atom. The summed E-state index contributed by atoms with van der Waals surface area (Å²) < 4.78 is 5.40. The number of fused-ring (bicyclic) bond motifs is 1. The first kappa shape index (κ1) is 14.9. The number of H-pyrrole nitrogens is 1. The average molecular weight is 324 g/mol. The van der Waals surface area contributed by atoms with Crippen LogP contribution in [0.4, 0.5) is 11.8 Å². The number of imidazole rings is 1. The first-order chi connectivity index (χ1) is 11.8. The Bertz CT molecular complexity index is 812. The van der Waals surface area contributed by atoms with E-state index >= 15 is 0 Å². The van der Waals surface area contributed by atoms with Crippen molar-refractivity contribution in [3.05, 3.63) is 42.2 Å². The SMILES string of the molecule is CN(Cc1ccccc1)c1ncnc2nc(N3CCOCC3)[nH]c12. The van der Waals surface area contributed by atoms with Gasteiger partial charge in [0.15, 0.2) is 11.5 Å². The Balaban J connectivity index is 1.64. The van der Waals surface area contributed by atoms with Gasteiger partial charge in [0.05, 0.1) is 13.2 Å². The second kappa shape index (κ2) is 6.45. The van der Waals surface area contributed by atoms with Crippen molar-refractivity contribution in [1.82, 2.24) is 19.9 Å². The van der Waals surface area contributed by atoms with Crippen molar-refractivity contribution in [3.63, 3.8) is 0 Å². The highest BCUT2D eigenvalue weighted by atomic mass is 16.5. The fourth-order valence-electron chi connectivity index (χ4n) is 2.95. The predicted molar refractivity (Wildman–Crippen MR) is 93.3 cm³/mol. The number of nitrogens with zero attached hydrogens (tertiary/aromatic N) is 5. The molecule has 7 heteroatoms. The second-order valence-corrected chi connectivity index (χ2v) is 5.90. The van der Waals surface area contributed by atoms with Crippen molar-refractivity contribution in [2.75, 3.05) is 43.2 Å². The standard InChI is InChI=1S/C17H20N6O/c1-22(11-13-5-3-2-4-6-13)16-14-15(18-12-19-16)21-17(20-14)23-7-9-24-10-8-23/h2-6,12H,7-11H2,1H3,(H,18,19,20,21). The van der Waals surface area contributed by atoms with Crippen molar-refractivity contribution in [2.24, 2.45) is 0 Å². The lowest BCUT2D eigenvalue weighted by Crippen LogP contribution is -2.36. The lowest BCUT2D eigenvalue weighted by atomic mass is 10.2. The zero-order valence-electron chi connectivity index (χ0n) is 13.6. The highest BCUT2D eigenvalue weighted by Crippen LogP contribution is 2.24. The van der Waals surface area contributed by atoms with E-state index in [1.165, 1.54) is 5.56 Å². The van der Waals surface area contributed by atoms with Gasteiger partial charge in [-0.05, 0) is 5.56 Å². The number of morpholine rings is 1. The van der Waals surface area contributed by atoms with E-state index in [0.29, 0.717) is 5.65 Å². The molecule has 0 radical (unpaired) electrons. The molecular weight excluding hydrogens is 304 g/mol. The molecule has 1 saturated heterocycles. The van der Waals surface area contributed by atoms with Gasteiger partial charge in [-0.2, -0.15) is 4.98 Å². The van der Waals surface area contributed by atoms with Crippen molar-refractivity contribution in [2.45, 2.75) is 6.54 Å². The summed E-state index contributed by atoms with van der Waals surface area (Å²) in [7, 11) is 2.03. The third kappa shape index (κ3) is 2.90. The third-order valence-electron chi connectivity index (χ3n) is 4.19. The minimum Gasteiger partial charge on any atom is -0.378 e. The van der Waals surface area contributed by atoms with Crippen LogP contribution in [0.15, 0.2) is 36.7 Å². The molecule has 0 atom stereocenters. The highest BCUT2D eigenvalue weighted by Gasteiger charge is 2.18. The average Bonchev–Trinajstić information content (AvgIpc) is 3.07. The first-order valence-electron chi connectivity index (χ1n) is 8.10. The quantitative estimate of drug-likeness (QED) is 0.789. The number of benzene rings is 1. The topological polar surface area (TPSA) is 70.2 Å². The second-order valence-electron chi connectivity index (χ2n) is 5.90. The van der Waals surface area contributed by atoms with E-state index in [-0.39, 0.29) is 0 Å². The minimum absolute atomic E-state index is 0.696. The van der Waals surface area contributed by atoms with Gasteiger partial charge in [-0.3, -0.25) is 0 Å². The van der Waals surface area contributed by atoms with Crippen molar-refractivity contribution in [1.29, 1.82) is 0 Å². The van der Waals surface area contributed by atoms with Crippen LogP contribution >= 0.6 is 0 Å². The van der Waals surface area contributed by atoms with E-state index in [9.17, 15) is 0 Å². The van der Waals surface area contributed by atoms with Crippen LogP contribution in [-0.2, 0) is 11.3 Å². The first-order valence-corrected chi connectivity index (χ1v) is 8.10. The number of anilines is 2. The van der Waals surface area contributed by atoms with Crippen molar-refractivity contribution < 1.29 is 4.74 Å². The number of ether oxygens (including phenoxy) is 1. The Kier molecular flexibility index (Phi) is 4.00. The van der Waals surface area contributed by atoms with E-state index in [1.807, 2.05) is 25.2 Å². The zero-order valence-corrected chi connectivity index (χ0v) is 13.6. The molecule has 0 amide bonds. The molecule has 0 spiro atoms. The van der Waals surface area contributed by atoms with Crippen LogP contribution in [0, 0.1) is 0 Å². The van der Waals surface area contributed by atoms with Crippen LogP contribution in [-0.4, -0.2) is 53.3 Å². The number of rotatable bonds is 4. The maximum Gasteiger partial charge on any atom is 0.205 e. The Morgan fingerprint density at radius 1 is 1.17 bits per heavy atom. The van der Waals surface area contributed by atoms with E-state index < -0.39 is 0 Å². The molecule has 3 aromatic rings. The summed E-state index contributed by atoms with van der Waals surface area (Å²) in [5, 5.41) is 0. The van der Waals surface area contributed by atoms with Crippen molar-refractivity contribution in [3.8, 4) is 0 Å². The number of nitrogens with one attached hydrogen (secondary N) is 1. The van der Waals surface area contributed by atoms with Gasteiger partial charge in [-0.25, -0.2) is 9.97 Å². The Morgan fingerprint density at radius 2 is 1.96 bits per heavy atom. The Hall–Kier alpha value is -2.67. The molecule has 4 rings (SSSR count). The van der Waals surface area contributed by atoms with Crippen LogP contribution < -0.4 is 9.80 Å². The smallest absolute Gasteiger partial charge is 0.205 e. The summed E-state index contributed by atoms with van der Waals surface area (Å²) >= 11 is 0. The van der Waals surface area contributed by atoms with Gasteiger partial charge >= 0.3 is 0 Å². The number of hydrogen-bond donors (Lipinski definition) is 1. The maximum absolute atomic E-state index is 5.40. The number of aromatic nitrogens is 4. The normalized spacial score (nSPS) is 15.0. The molecule has 3 heterocycles. The van der Waals surface area contributed by atoms with Crippen LogP contribution in [0.5, 0.6) is 0 Å². The fourth-order valence-corrected chi connectivity index (χ4v) is 2.95. The summed E-state index contributed by atoms with van der Waals surface area (Å²) in [6.07, 6.45) is 1.57. The van der Waals surface area contributed by atoms with Crippen LogP contribution in [0.25, 0.3) is 11.2 Å². The fraction of sp³-hybridized carbons (Fsp3) is 0.353. The Labute approximate surface area is 140 Å². The molecule has 0 unspecified atom stereocenters. The van der Waals surface area contributed by atoms with Gasteiger partial charge in [0, 0.05) is 26.7 Å². The highest BCUT2D eigenvalue weighted by molar-refractivity contribution is 5.84. The molecule has 2 aromatic heterocycles. The number of hydrogen-bond acceptors (Lipinski definition) is 6. The van der Waals surface area contributed by atoms with E-state index in [1.54, 1.807) is 6.33 Å². The molecule has 1 aliphatic heterocycles. The summed E-state index contributed by atoms with van der Waals surface area (Å²) in [5.41, 5.74) is 2.80.